The Morgan fingerprint density at radius 2 is 2.30 bits per heavy atom. The molecule has 112 valence electrons. The highest BCUT2D eigenvalue weighted by atomic mass is 79.9. The molecule has 1 aliphatic heterocycles. The smallest absolute Gasteiger partial charge is 0.125 e. The molecule has 4 heteroatoms. The Hall–Kier alpha value is -0.580. The zero-order valence-corrected chi connectivity index (χ0v) is 14.2. The molecular weight excluding hydrogens is 316 g/mol. The minimum Gasteiger partial charge on any atom is -0.493 e. The predicted octanol–water partition coefficient (Wildman–Crippen LogP) is 3.59. The molecule has 1 saturated heterocycles. The third kappa shape index (κ3) is 3.96. The third-order valence-electron chi connectivity index (χ3n) is 4.26. The fourth-order valence-corrected chi connectivity index (χ4v) is 3.14. The Morgan fingerprint density at radius 1 is 1.50 bits per heavy atom. The maximum Gasteiger partial charge on any atom is 0.125 e. The summed E-state index contributed by atoms with van der Waals surface area (Å²) in [6.07, 6.45) is 3.73. The SMILES string of the molecule is CNC(C)c1ccc(Br)cc1OCCC1CCCN1C. The molecule has 2 rings (SSSR count). The fraction of sp³-hybridized carbons (Fsp3) is 0.625. The average Bonchev–Trinajstić information content (AvgIpc) is 2.84. The van der Waals surface area contributed by atoms with Crippen molar-refractivity contribution in [2.75, 3.05) is 27.2 Å². The monoisotopic (exact) mass is 340 g/mol. The first kappa shape index (κ1) is 15.8. The van der Waals surface area contributed by atoms with E-state index in [-0.39, 0.29) is 0 Å². The van der Waals surface area contributed by atoms with E-state index in [0.717, 1.165) is 23.2 Å². The number of rotatable bonds is 6. The summed E-state index contributed by atoms with van der Waals surface area (Å²) in [7, 11) is 4.19. The van der Waals surface area contributed by atoms with Crippen molar-refractivity contribution in [1.82, 2.24) is 10.2 Å². The molecule has 0 saturated carbocycles. The lowest BCUT2D eigenvalue weighted by Gasteiger charge is -2.21. The van der Waals surface area contributed by atoms with Crippen molar-refractivity contribution in [3.8, 4) is 5.75 Å². The van der Waals surface area contributed by atoms with Crippen LogP contribution in [0, 0.1) is 0 Å². The summed E-state index contributed by atoms with van der Waals surface area (Å²) in [5.74, 6) is 0.988. The van der Waals surface area contributed by atoms with Crippen molar-refractivity contribution < 1.29 is 4.74 Å². The molecule has 1 aliphatic rings. The minimum atomic E-state index is 0.298. The van der Waals surface area contributed by atoms with Crippen LogP contribution in [-0.4, -0.2) is 38.2 Å². The standard InChI is InChI=1S/C16H25BrN2O/c1-12(18-2)15-7-6-13(17)11-16(15)20-10-8-14-5-4-9-19(14)3/h6-7,11-12,14,18H,4-5,8-10H2,1-3H3. The highest BCUT2D eigenvalue weighted by Crippen LogP contribution is 2.29. The van der Waals surface area contributed by atoms with Gasteiger partial charge in [-0.2, -0.15) is 0 Å². The summed E-state index contributed by atoms with van der Waals surface area (Å²) in [6.45, 7) is 4.17. The number of benzene rings is 1. The topological polar surface area (TPSA) is 24.5 Å². The number of hydrogen-bond acceptors (Lipinski definition) is 3. The summed E-state index contributed by atoms with van der Waals surface area (Å²) >= 11 is 3.53. The highest BCUT2D eigenvalue weighted by Gasteiger charge is 2.20. The number of hydrogen-bond donors (Lipinski definition) is 1. The predicted molar refractivity (Wildman–Crippen MR) is 87.4 cm³/mol. The molecule has 0 radical (unpaired) electrons. The molecule has 2 unspecified atom stereocenters. The van der Waals surface area contributed by atoms with E-state index in [0.29, 0.717) is 12.1 Å². The Morgan fingerprint density at radius 3 is 2.95 bits per heavy atom. The Bertz CT molecular complexity index is 438. The van der Waals surface area contributed by atoms with Gasteiger partial charge in [-0.1, -0.05) is 22.0 Å². The first-order valence-corrected chi connectivity index (χ1v) is 8.21. The molecule has 0 aliphatic carbocycles. The number of nitrogens with zero attached hydrogens (tertiary/aromatic N) is 1. The molecule has 1 fully saturated rings. The van der Waals surface area contributed by atoms with Gasteiger partial charge < -0.3 is 15.0 Å². The van der Waals surface area contributed by atoms with E-state index >= 15 is 0 Å². The lowest BCUT2D eigenvalue weighted by atomic mass is 10.1. The van der Waals surface area contributed by atoms with E-state index in [2.05, 4.69) is 58.3 Å². The van der Waals surface area contributed by atoms with Crippen molar-refractivity contribution in [2.45, 2.75) is 38.3 Å². The summed E-state index contributed by atoms with van der Waals surface area (Å²) in [5.41, 5.74) is 1.22. The van der Waals surface area contributed by atoms with Crippen LogP contribution in [0.3, 0.4) is 0 Å². The van der Waals surface area contributed by atoms with Gasteiger partial charge in [0.05, 0.1) is 6.61 Å². The molecule has 0 amide bonds. The van der Waals surface area contributed by atoms with Crippen LogP contribution in [0.2, 0.25) is 0 Å². The quantitative estimate of drug-likeness (QED) is 0.856. The van der Waals surface area contributed by atoms with Gasteiger partial charge in [-0.05, 0) is 59.0 Å². The average molecular weight is 341 g/mol. The molecule has 1 heterocycles. The molecule has 0 bridgehead atoms. The summed E-state index contributed by atoms with van der Waals surface area (Å²) < 4.78 is 7.12. The van der Waals surface area contributed by atoms with Gasteiger partial charge in [0, 0.05) is 22.1 Å². The van der Waals surface area contributed by atoms with Crippen molar-refractivity contribution in [3.05, 3.63) is 28.2 Å². The lowest BCUT2D eigenvalue weighted by Crippen LogP contribution is -2.26. The van der Waals surface area contributed by atoms with Gasteiger partial charge >= 0.3 is 0 Å². The second-order valence-corrected chi connectivity index (χ2v) is 6.52. The first-order chi connectivity index (χ1) is 9.61. The van der Waals surface area contributed by atoms with Crippen LogP contribution in [0.25, 0.3) is 0 Å². The van der Waals surface area contributed by atoms with Crippen molar-refractivity contribution >= 4 is 15.9 Å². The maximum absolute atomic E-state index is 6.05. The van der Waals surface area contributed by atoms with Gasteiger partial charge in [0.1, 0.15) is 5.75 Å². The lowest BCUT2D eigenvalue weighted by molar-refractivity contribution is 0.231. The fourth-order valence-electron chi connectivity index (χ4n) is 2.80. The molecule has 3 nitrogen and oxygen atoms in total. The van der Waals surface area contributed by atoms with E-state index in [1.54, 1.807) is 0 Å². The maximum atomic E-state index is 6.05. The van der Waals surface area contributed by atoms with Gasteiger partial charge in [-0.25, -0.2) is 0 Å². The van der Waals surface area contributed by atoms with Crippen molar-refractivity contribution in [2.24, 2.45) is 0 Å². The van der Waals surface area contributed by atoms with Gasteiger partial charge in [0.25, 0.3) is 0 Å². The highest BCUT2D eigenvalue weighted by molar-refractivity contribution is 9.10. The molecule has 0 aromatic heterocycles. The van der Waals surface area contributed by atoms with Crippen LogP contribution >= 0.6 is 15.9 Å². The number of ether oxygens (including phenoxy) is 1. The largest absolute Gasteiger partial charge is 0.493 e. The van der Waals surface area contributed by atoms with Crippen LogP contribution in [0.4, 0.5) is 0 Å². The second-order valence-electron chi connectivity index (χ2n) is 5.61. The minimum absolute atomic E-state index is 0.298. The van der Waals surface area contributed by atoms with Crippen LogP contribution in [-0.2, 0) is 0 Å². The zero-order chi connectivity index (χ0) is 14.5. The van der Waals surface area contributed by atoms with Gasteiger partial charge in [0.15, 0.2) is 0 Å². The Balaban J connectivity index is 1.95. The molecule has 1 aromatic rings. The number of nitrogens with one attached hydrogen (secondary N) is 1. The molecular formula is C16H25BrN2O. The second kappa shape index (κ2) is 7.43. The van der Waals surface area contributed by atoms with Gasteiger partial charge in [0.2, 0.25) is 0 Å². The van der Waals surface area contributed by atoms with Crippen LogP contribution < -0.4 is 10.1 Å². The third-order valence-corrected chi connectivity index (χ3v) is 4.75. The van der Waals surface area contributed by atoms with Crippen LogP contribution in [0.1, 0.15) is 37.8 Å². The van der Waals surface area contributed by atoms with E-state index < -0.39 is 0 Å². The van der Waals surface area contributed by atoms with Gasteiger partial charge in [-0.3, -0.25) is 0 Å². The Labute approximate surface area is 130 Å². The summed E-state index contributed by atoms with van der Waals surface area (Å²) in [6, 6.07) is 7.25. The normalized spacial score (nSPS) is 21.1. The Kier molecular flexibility index (Phi) is 5.87. The van der Waals surface area contributed by atoms with Crippen molar-refractivity contribution in [3.63, 3.8) is 0 Å². The first-order valence-electron chi connectivity index (χ1n) is 7.41. The van der Waals surface area contributed by atoms with E-state index in [9.17, 15) is 0 Å². The van der Waals surface area contributed by atoms with E-state index in [4.69, 9.17) is 4.74 Å². The molecule has 1 N–H and O–H groups in total. The molecule has 0 spiro atoms. The van der Waals surface area contributed by atoms with Crippen LogP contribution in [0.15, 0.2) is 22.7 Å². The molecule has 20 heavy (non-hydrogen) atoms. The summed E-state index contributed by atoms with van der Waals surface area (Å²) in [5, 5.41) is 3.28. The number of halogens is 1. The molecule has 1 aromatic carbocycles. The van der Waals surface area contributed by atoms with Gasteiger partial charge in [-0.15, -0.1) is 0 Å². The number of likely N-dealkylation sites (tertiary alicyclic amines) is 1. The van der Waals surface area contributed by atoms with E-state index in [1.807, 2.05) is 7.05 Å². The van der Waals surface area contributed by atoms with Crippen LogP contribution in [0.5, 0.6) is 5.75 Å². The van der Waals surface area contributed by atoms with Crippen molar-refractivity contribution in [1.29, 1.82) is 0 Å². The van der Waals surface area contributed by atoms with E-state index in [1.165, 1.54) is 24.9 Å². The zero-order valence-electron chi connectivity index (χ0n) is 12.7. The summed E-state index contributed by atoms with van der Waals surface area (Å²) in [4.78, 5) is 2.45. The molecule has 2 atom stereocenters.